The summed E-state index contributed by atoms with van der Waals surface area (Å²) < 4.78 is 21.9. The lowest BCUT2D eigenvalue weighted by Crippen LogP contribution is -2.15. The third-order valence-corrected chi connectivity index (χ3v) is 5.57. The number of pyridine rings is 1. The van der Waals surface area contributed by atoms with Gasteiger partial charge in [0.15, 0.2) is 23.9 Å². The van der Waals surface area contributed by atoms with Gasteiger partial charge in [0.05, 0.1) is 37.3 Å². The molecule has 2 aromatic carbocycles. The summed E-state index contributed by atoms with van der Waals surface area (Å²) in [7, 11) is 4.45. The molecule has 0 saturated heterocycles. The largest absolute Gasteiger partial charge is 0.497 e. The van der Waals surface area contributed by atoms with E-state index in [1.807, 2.05) is 0 Å². The molecule has 9 heteroatoms. The molecule has 0 aliphatic rings. The molecular weight excluding hydrogens is 469 g/mol. The number of ether oxygens (including phenoxy) is 4. The van der Waals surface area contributed by atoms with Crippen LogP contribution < -0.4 is 18.9 Å². The Balaban J connectivity index is 2.03. The van der Waals surface area contributed by atoms with Gasteiger partial charge in [0, 0.05) is 29.1 Å². The van der Waals surface area contributed by atoms with E-state index in [4.69, 9.17) is 42.1 Å². The van der Waals surface area contributed by atoms with Crippen LogP contribution in [0.25, 0.3) is 0 Å². The predicted octanol–water partition coefficient (Wildman–Crippen LogP) is 5.01. The van der Waals surface area contributed by atoms with Gasteiger partial charge in [-0.3, -0.25) is 9.78 Å². The van der Waals surface area contributed by atoms with E-state index in [1.165, 1.54) is 26.6 Å². The summed E-state index contributed by atoms with van der Waals surface area (Å²) in [5.41, 5.74) is 1.20. The van der Waals surface area contributed by atoms with Gasteiger partial charge in [0.25, 0.3) is 0 Å². The van der Waals surface area contributed by atoms with E-state index >= 15 is 0 Å². The number of Topliss-reactive ketones (excluding diaryl/α,β-unsaturated/α-hetero) is 1. The minimum Gasteiger partial charge on any atom is -0.497 e. The number of benzene rings is 2. The third-order valence-electron chi connectivity index (χ3n) is 4.96. The third kappa shape index (κ3) is 5.21. The maximum absolute atomic E-state index is 12.7. The molecule has 0 radical (unpaired) electrons. The fraction of sp³-hybridized carbons (Fsp3) is 0.208. The first kappa shape index (κ1) is 24.4. The lowest BCUT2D eigenvalue weighted by molar-refractivity contribution is -0.108. The van der Waals surface area contributed by atoms with E-state index in [-0.39, 0.29) is 33.9 Å². The van der Waals surface area contributed by atoms with Gasteiger partial charge in [0.2, 0.25) is 5.75 Å². The minimum absolute atomic E-state index is 0.166. The van der Waals surface area contributed by atoms with Crippen LogP contribution in [0.2, 0.25) is 10.0 Å². The average Bonchev–Trinajstić information content (AvgIpc) is 2.84. The van der Waals surface area contributed by atoms with Crippen LogP contribution in [0.3, 0.4) is 0 Å². The molecule has 7 nitrogen and oxygen atoms in total. The number of aldehydes is 1. The Morgan fingerprint density at radius 1 is 0.939 bits per heavy atom. The summed E-state index contributed by atoms with van der Waals surface area (Å²) >= 11 is 12.6. The number of carbonyl (C=O) groups excluding carboxylic acids is 2. The Morgan fingerprint density at radius 3 is 2.15 bits per heavy atom. The van der Waals surface area contributed by atoms with Gasteiger partial charge in [-0.05, 0) is 30.3 Å². The second-order valence-electron chi connectivity index (χ2n) is 6.79. The van der Waals surface area contributed by atoms with Gasteiger partial charge in [0.1, 0.15) is 12.0 Å². The van der Waals surface area contributed by atoms with Gasteiger partial charge < -0.3 is 23.7 Å². The van der Waals surface area contributed by atoms with Crippen LogP contribution in [0.4, 0.5) is 0 Å². The molecular formula is C24H21Cl2NO6. The molecule has 1 atom stereocenters. The summed E-state index contributed by atoms with van der Waals surface area (Å²) in [6, 6.07) is 9.91. The van der Waals surface area contributed by atoms with Crippen LogP contribution in [0.15, 0.2) is 48.8 Å². The van der Waals surface area contributed by atoms with E-state index in [1.54, 1.807) is 43.5 Å². The molecule has 0 bridgehead atoms. The monoisotopic (exact) mass is 489 g/mol. The number of methoxy groups -OCH3 is 3. The molecule has 1 aromatic heterocycles. The first-order chi connectivity index (χ1) is 15.9. The highest BCUT2D eigenvalue weighted by Crippen LogP contribution is 2.45. The maximum atomic E-state index is 12.7. The zero-order chi connectivity index (χ0) is 24.0. The van der Waals surface area contributed by atoms with Crippen molar-refractivity contribution >= 4 is 35.3 Å². The zero-order valence-electron chi connectivity index (χ0n) is 18.1. The van der Waals surface area contributed by atoms with Crippen molar-refractivity contribution in [3.05, 3.63) is 75.5 Å². The second-order valence-corrected chi connectivity index (χ2v) is 7.60. The number of hydrogen-bond acceptors (Lipinski definition) is 7. The summed E-state index contributed by atoms with van der Waals surface area (Å²) in [6.45, 7) is -0.313. The highest BCUT2D eigenvalue weighted by Gasteiger charge is 2.27. The number of hydrogen-bond donors (Lipinski definition) is 0. The number of nitrogens with zero attached hydrogens (tertiary/aromatic N) is 1. The Labute approximate surface area is 201 Å². The Morgan fingerprint density at radius 2 is 1.61 bits per heavy atom. The number of carbonyl (C=O) groups is 2. The molecule has 1 heterocycles. The number of ketones is 1. The quantitative estimate of drug-likeness (QED) is 0.292. The molecule has 0 fully saturated rings. The van der Waals surface area contributed by atoms with Gasteiger partial charge >= 0.3 is 0 Å². The van der Waals surface area contributed by atoms with Gasteiger partial charge in [-0.2, -0.15) is 0 Å². The second kappa shape index (κ2) is 11.0. The van der Waals surface area contributed by atoms with E-state index in [0.29, 0.717) is 34.5 Å². The lowest BCUT2D eigenvalue weighted by atomic mass is 9.92. The van der Waals surface area contributed by atoms with Crippen molar-refractivity contribution < 1.29 is 28.5 Å². The predicted molar refractivity (Wildman–Crippen MR) is 125 cm³/mol. The Kier molecular flexibility index (Phi) is 8.14. The van der Waals surface area contributed by atoms with Crippen molar-refractivity contribution in [2.45, 2.75) is 5.92 Å². The van der Waals surface area contributed by atoms with Crippen LogP contribution in [0.5, 0.6) is 23.0 Å². The normalized spacial score (nSPS) is 11.4. The number of aromatic nitrogens is 1. The molecule has 3 aromatic rings. The smallest absolute Gasteiger partial charge is 0.203 e. The topological polar surface area (TPSA) is 84.0 Å². The lowest BCUT2D eigenvalue weighted by Gasteiger charge is -2.21. The van der Waals surface area contributed by atoms with Crippen molar-refractivity contribution in [1.29, 1.82) is 0 Å². The molecule has 0 spiro atoms. The van der Waals surface area contributed by atoms with Gasteiger partial charge in [-0.1, -0.05) is 29.3 Å². The summed E-state index contributed by atoms with van der Waals surface area (Å²) in [5.74, 6) is 0.203. The zero-order valence-corrected chi connectivity index (χ0v) is 19.6. The van der Waals surface area contributed by atoms with Crippen LogP contribution in [-0.4, -0.2) is 45.0 Å². The van der Waals surface area contributed by atoms with Crippen molar-refractivity contribution in [3.8, 4) is 23.0 Å². The SMILES string of the molecule is COc1ccc(C(=O)COc2c(C(C=O)c3c(Cl)cncc3Cl)ccc(OC)c2OC)cc1. The van der Waals surface area contributed by atoms with Crippen LogP contribution in [0, 0.1) is 0 Å². The van der Waals surface area contributed by atoms with E-state index < -0.39 is 5.92 Å². The van der Waals surface area contributed by atoms with Crippen LogP contribution in [0.1, 0.15) is 27.4 Å². The maximum Gasteiger partial charge on any atom is 0.203 e. The highest BCUT2D eigenvalue weighted by atomic mass is 35.5. The number of rotatable bonds is 10. The molecule has 0 saturated carbocycles. The van der Waals surface area contributed by atoms with Crippen molar-refractivity contribution in [2.24, 2.45) is 0 Å². The fourth-order valence-electron chi connectivity index (χ4n) is 3.32. The van der Waals surface area contributed by atoms with E-state index in [9.17, 15) is 9.59 Å². The van der Waals surface area contributed by atoms with E-state index in [2.05, 4.69) is 4.98 Å². The molecule has 1 unspecified atom stereocenters. The molecule has 0 N–H and O–H groups in total. The van der Waals surface area contributed by atoms with E-state index in [0.717, 1.165) is 0 Å². The molecule has 33 heavy (non-hydrogen) atoms. The molecule has 3 rings (SSSR count). The molecule has 172 valence electrons. The first-order valence-corrected chi connectivity index (χ1v) is 10.5. The van der Waals surface area contributed by atoms with Crippen LogP contribution in [-0.2, 0) is 4.79 Å². The fourth-order valence-corrected chi connectivity index (χ4v) is 3.92. The van der Waals surface area contributed by atoms with Gasteiger partial charge in [-0.25, -0.2) is 0 Å². The van der Waals surface area contributed by atoms with Crippen molar-refractivity contribution in [1.82, 2.24) is 4.98 Å². The summed E-state index contributed by atoms with van der Waals surface area (Å²) in [5, 5.41) is 0.435. The summed E-state index contributed by atoms with van der Waals surface area (Å²) in [6.07, 6.45) is 3.48. The van der Waals surface area contributed by atoms with Crippen molar-refractivity contribution in [2.75, 3.05) is 27.9 Å². The highest BCUT2D eigenvalue weighted by molar-refractivity contribution is 6.36. The molecule has 0 aliphatic heterocycles. The van der Waals surface area contributed by atoms with Crippen LogP contribution >= 0.6 is 23.2 Å². The average molecular weight is 490 g/mol. The minimum atomic E-state index is -0.904. The Bertz CT molecular complexity index is 1130. The standard InChI is InChI=1S/C24H21Cl2NO6/c1-30-15-6-4-14(5-7-15)20(29)13-33-23-16(8-9-21(31-2)24(23)32-3)17(12-28)22-18(25)10-27-11-19(22)26/h4-12,17H,13H2,1-3H3. The molecule has 0 amide bonds. The molecule has 0 aliphatic carbocycles. The van der Waals surface area contributed by atoms with Crippen molar-refractivity contribution in [3.63, 3.8) is 0 Å². The summed E-state index contributed by atoms with van der Waals surface area (Å²) in [4.78, 5) is 28.9. The first-order valence-electron chi connectivity index (χ1n) is 9.74. The Hall–Kier alpha value is -3.29. The number of halogens is 2. The van der Waals surface area contributed by atoms with Gasteiger partial charge in [-0.15, -0.1) is 0 Å².